The third kappa shape index (κ3) is 8.04. The van der Waals surface area contributed by atoms with Gasteiger partial charge in [-0.3, -0.25) is 9.59 Å². The molecule has 4 nitrogen and oxygen atoms in total. The monoisotopic (exact) mass is 446 g/mol. The van der Waals surface area contributed by atoms with Crippen LogP contribution in [0.3, 0.4) is 0 Å². The Balaban J connectivity index is 2.05. The van der Waals surface area contributed by atoms with Crippen molar-refractivity contribution in [2.24, 2.45) is 5.92 Å². The lowest BCUT2D eigenvalue weighted by Gasteiger charge is -2.29. The van der Waals surface area contributed by atoms with Gasteiger partial charge in [-0.1, -0.05) is 55.3 Å². The molecule has 162 valence electrons. The molecular weight excluding hydrogens is 416 g/mol. The van der Waals surface area contributed by atoms with Crippen molar-refractivity contribution < 1.29 is 9.59 Å². The minimum Gasteiger partial charge on any atom is -0.354 e. The topological polar surface area (TPSA) is 49.4 Å². The second kappa shape index (κ2) is 12.0. The first-order chi connectivity index (χ1) is 14.3. The van der Waals surface area contributed by atoms with Crippen molar-refractivity contribution in [3.05, 3.63) is 64.7 Å². The number of hydrogen-bond donors (Lipinski definition) is 1. The first-order valence-electron chi connectivity index (χ1n) is 10.3. The standard InChI is InChI=1S/C24H31ClN2O2S/c1-17(2)15-26-24(29)19(4)27(16-20-7-5-6-18(3)14-20)23(28)12-13-30-22-10-8-21(25)9-11-22/h5-11,14,17,19H,12-13,15-16H2,1-4H3,(H,26,29)/t19-/m1/s1. The van der Waals surface area contributed by atoms with Gasteiger partial charge >= 0.3 is 0 Å². The Morgan fingerprint density at radius 1 is 1.10 bits per heavy atom. The van der Waals surface area contributed by atoms with E-state index in [4.69, 9.17) is 11.6 Å². The van der Waals surface area contributed by atoms with E-state index in [-0.39, 0.29) is 11.8 Å². The van der Waals surface area contributed by atoms with Crippen LogP contribution in [0.2, 0.25) is 5.02 Å². The van der Waals surface area contributed by atoms with E-state index in [2.05, 4.69) is 25.2 Å². The van der Waals surface area contributed by atoms with Crippen LogP contribution in [0.25, 0.3) is 0 Å². The number of thioether (sulfide) groups is 1. The minimum atomic E-state index is -0.530. The maximum Gasteiger partial charge on any atom is 0.242 e. The SMILES string of the molecule is Cc1cccc(CN(C(=O)CCSc2ccc(Cl)cc2)[C@H](C)C(=O)NCC(C)C)c1. The largest absolute Gasteiger partial charge is 0.354 e. The number of rotatable bonds is 10. The van der Waals surface area contributed by atoms with Gasteiger partial charge < -0.3 is 10.2 Å². The molecule has 6 heteroatoms. The highest BCUT2D eigenvalue weighted by Crippen LogP contribution is 2.22. The van der Waals surface area contributed by atoms with E-state index >= 15 is 0 Å². The maximum atomic E-state index is 13.1. The van der Waals surface area contributed by atoms with Crippen molar-refractivity contribution >= 4 is 35.2 Å². The molecule has 0 radical (unpaired) electrons. The number of hydrogen-bond acceptors (Lipinski definition) is 3. The van der Waals surface area contributed by atoms with Gasteiger partial charge in [-0.15, -0.1) is 11.8 Å². The van der Waals surface area contributed by atoms with E-state index in [9.17, 15) is 9.59 Å². The molecule has 2 aromatic carbocycles. The molecule has 0 saturated heterocycles. The number of carbonyl (C=O) groups excluding carboxylic acids is 2. The Hall–Kier alpha value is -1.98. The fourth-order valence-electron chi connectivity index (χ4n) is 2.97. The second-order valence-electron chi connectivity index (χ2n) is 7.88. The van der Waals surface area contributed by atoms with Crippen LogP contribution in [0, 0.1) is 12.8 Å². The highest BCUT2D eigenvalue weighted by molar-refractivity contribution is 7.99. The molecule has 2 aromatic rings. The molecular formula is C24H31ClN2O2S. The second-order valence-corrected chi connectivity index (χ2v) is 9.48. The molecule has 0 aliphatic rings. The summed E-state index contributed by atoms with van der Waals surface area (Å²) < 4.78 is 0. The van der Waals surface area contributed by atoms with Crippen LogP contribution in [0.15, 0.2) is 53.4 Å². The lowest BCUT2D eigenvalue weighted by atomic mass is 10.1. The van der Waals surface area contributed by atoms with Gasteiger partial charge in [-0.25, -0.2) is 0 Å². The van der Waals surface area contributed by atoms with E-state index in [1.54, 1.807) is 23.6 Å². The molecule has 0 aliphatic carbocycles. The van der Waals surface area contributed by atoms with Gasteiger partial charge in [-0.2, -0.15) is 0 Å². The summed E-state index contributed by atoms with van der Waals surface area (Å²) in [5.74, 6) is 0.864. The summed E-state index contributed by atoms with van der Waals surface area (Å²) in [5, 5.41) is 3.65. The van der Waals surface area contributed by atoms with Gasteiger partial charge in [0.1, 0.15) is 6.04 Å². The van der Waals surface area contributed by atoms with E-state index in [1.807, 2.05) is 49.4 Å². The van der Waals surface area contributed by atoms with Crippen molar-refractivity contribution in [3.63, 3.8) is 0 Å². The number of aryl methyl sites for hydroxylation is 1. The average Bonchev–Trinajstić information content (AvgIpc) is 2.71. The molecule has 2 rings (SSSR count). The van der Waals surface area contributed by atoms with Crippen molar-refractivity contribution in [1.29, 1.82) is 0 Å². The Morgan fingerprint density at radius 2 is 1.80 bits per heavy atom. The first kappa shape index (κ1) is 24.3. The van der Waals surface area contributed by atoms with Crippen LogP contribution in [-0.2, 0) is 16.1 Å². The van der Waals surface area contributed by atoms with Crippen LogP contribution < -0.4 is 5.32 Å². The van der Waals surface area contributed by atoms with E-state index < -0.39 is 6.04 Å². The van der Waals surface area contributed by atoms with Crippen LogP contribution in [-0.4, -0.2) is 35.1 Å². The fourth-order valence-corrected chi connectivity index (χ4v) is 3.94. The molecule has 1 N–H and O–H groups in total. The van der Waals surface area contributed by atoms with Gasteiger partial charge in [0.2, 0.25) is 11.8 Å². The molecule has 0 fully saturated rings. The number of benzene rings is 2. The van der Waals surface area contributed by atoms with Crippen molar-refractivity contribution in [2.75, 3.05) is 12.3 Å². The summed E-state index contributed by atoms with van der Waals surface area (Å²) in [5.41, 5.74) is 2.16. The average molecular weight is 447 g/mol. The lowest BCUT2D eigenvalue weighted by molar-refractivity contribution is -0.140. The molecule has 0 saturated carbocycles. The smallest absolute Gasteiger partial charge is 0.242 e. The molecule has 30 heavy (non-hydrogen) atoms. The molecule has 0 aliphatic heterocycles. The maximum absolute atomic E-state index is 13.1. The van der Waals surface area contributed by atoms with Crippen molar-refractivity contribution in [1.82, 2.24) is 10.2 Å². The third-order valence-electron chi connectivity index (χ3n) is 4.69. The Labute approximate surface area is 189 Å². The predicted molar refractivity (Wildman–Crippen MR) is 126 cm³/mol. The molecule has 2 amide bonds. The van der Waals surface area contributed by atoms with Crippen LogP contribution in [0.4, 0.5) is 0 Å². The summed E-state index contributed by atoms with van der Waals surface area (Å²) >= 11 is 7.54. The van der Waals surface area contributed by atoms with Crippen molar-refractivity contribution in [2.45, 2.75) is 51.6 Å². The molecule has 0 bridgehead atoms. The summed E-state index contributed by atoms with van der Waals surface area (Å²) in [7, 11) is 0. The Bertz CT molecular complexity index is 839. The van der Waals surface area contributed by atoms with Gasteiger partial charge in [0.05, 0.1) is 0 Å². The zero-order valence-electron chi connectivity index (χ0n) is 18.2. The summed E-state index contributed by atoms with van der Waals surface area (Å²) in [6.07, 6.45) is 0.362. The van der Waals surface area contributed by atoms with Crippen LogP contribution in [0.1, 0.15) is 38.3 Å². The molecule has 0 aromatic heterocycles. The molecule has 0 spiro atoms. The third-order valence-corrected chi connectivity index (χ3v) is 5.95. The van der Waals surface area contributed by atoms with Crippen molar-refractivity contribution in [3.8, 4) is 0 Å². The zero-order valence-corrected chi connectivity index (χ0v) is 19.7. The molecule has 0 heterocycles. The fraction of sp³-hybridized carbons (Fsp3) is 0.417. The minimum absolute atomic E-state index is 0.0230. The zero-order chi connectivity index (χ0) is 22.1. The van der Waals surface area contributed by atoms with Gasteiger partial charge in [0.15, 0.2) is 0 Å². The lowest BCUT2D eigenvalue weighted by Crippen LogP contribution is -2.48. The Morgan fingerprint density at radius 3 is 2.43 bits per heavy atom. The highest BCUT2D eigenvalue weighted by Gasteiger charge is 2.26. The number of halogens is 1. The summed E-state index contributed by atoms with van der Waals surface area (Å²) in [6, 6.07) is 15.1. The number of carbonyl (C=O) groups is 2. The number of nitrogens with zero attached hydrogens (tertiary/aromatic N) is 1. The molecule has 0 unspecified atom stereocenters. The summed E-state index contributed by atoms with van der Waals surface area (Å²) in [6.45, 7) is 8.94. The number of amides is 2. The number of nitrogens with one attached hydrogen (secondary N) is 1. The first-order valence-corrected chi connectivity index (χ1v) is 11.6. The van der Waals surface area contributed by atoms with E-state index in [1.165, 1.54) is 0 Å². The van der Waals surface area contributed by atoms with Gasteiger partial charge in [0, 0.05) is 35.2 Å². The van der Waals surface area contributed by atoms with Gasteiger partial charge in [0.25, 0.3) is 0 Å². The van der Waals surface area contributed by atoms with E-state index in [0.29, 0.717) is 36.2 Å². The van der Waals surface area contributed by atoms with Crippen LogP contribution in [0.5, 0.6) is 0 Å². The van der Waals surface area contributed by atoms with Crippen LogP contribution >= 0.6 is 23.4 Å². The molecule has 1 atom stereocenters. The van der Waals surface area contributed by atoms with E-state index in [0.717, 1.165) is 16.0 Å². The quantitative estimate of drug-likeness (QED) is 0.502. The van der Waals surface area contributed by atoms with Gasteiger partial charge in [-0.05, 0) is 49.6 Å². The normalized spacial score (nSPS) is 11.9. The highest BCUT2D eigenvalue weighted by atomic mass is 35.5. The Kier molecular flexibility index (Phi) is 9.73. The summed E-state index contributed by atoms with van der Waals surface area (Å²) in [4.78, 5) is 28.5. The predicted octanol–water partition coefficient (Wildman–Crippen LogP) is 5.32.